The van der Waals surface area contributed by atoms with E-state index in [2.05, 4.69) is 0 Å². The molecule has 0 unspecified atom stereocenters. The summed E-state index contributed by atoms with van der Waals surface area (Å²) in [6.07, 6.45) is 5.33. The zero-order valence-corrected chi connectivity index (χ0v) is 20.4. The van der Waals surface area contributed by atoms with E-state index in [-0.39, 0.29) is 0 Å². The highest BCUT2D eigenvalue weighted by atomic mass is 16.5. The van der Waals surface area contributed by atoms with Crippen LogP contribution in [0.3, 0.4) is 0 Å². The summed E-state index contributed by atoms with van der Waals surface area (Å²) in [4.78, 5) is 0. The lowest BCUT2D eigenvalue weighted by Gasteiger charge is -2.17. The van der Waals surface area contributed by atoms with Crippen LogP contribution in [-0.2, 0) is 0 Å². The van der Waals surface area contributed by atoms with E-state index in [0.717, 1.165) is 54.6 Å². The topological polar surface area (TPSA) is 99.1 Å². The summed E-state index contributed by atoms with van der Waals surface area (Å²) >= 11 is 0. The maximum absolute atomic E-state index is 9.47. The van der Waals surface area contributed by atoms with Crippen molar-refractivity contribution < 1.29 is 14.2 Å². The zero-order valence-electron chi connectivity index (χ0n) is 20.4. The number of fused-ring (bicyclic) bond motifs is 3. The quantitative estimate of drug-likeness (QED) is 0.221. The van der Waals surface area contributed by atoms with Gasteiger partial charge < -0.3 is 14.2 Å². The Labute approximate surface area is 223 Å². The molecule has 0 aliphatic heterocycles. The van der Waals surface area contributed by atoms with E-state index >= 15 is 0 Å². The van der Waals surface area contributed by atoms with Crippen LogP contribution in [-0.4, -0.2) is 0 Å². The fourth-order valence-corrected chi connectivity index (χ4v) is 5.20. The summed E-state index contributed by atoms with van der Waals surface area (Å²) in [5.41, 5.74) is 3.39. The van der Waals surface area contributed by atoms with E-state index in [4.69, 9.17) is 14.2 Å². The molecule has 182 valence electrons. The fourth-order valence-electron chi connectivity index (χ4n) is 5.20. The number of hydrogen-bond donors (Lipinski definition) is 0. The third kappa shape index (κ3) is 4.07. The highest BCUT2D eigenvalue weighted by Gasteiger charge is 2.18. The Morgan fingerprint density at radius 3 is 1.54 bits per heavy atom. The van der Waals surface area contributed by atoms with E-state index < -0.39 is 0 Å². The van der Waals surface area contributed by atoms with E-state index in [9.17, 15) is 15.8 Å². The van der Waals surface area contributed by atoms with Crippen molar-refractivity contribution in [3.63, 3.8) is 0 Å². The van der Waals surface area contributed by atoms with Gasteiger partial charge in [-0.1, -0.05) is 72.8 Å². The molecule has 0 aliphatic carbocycles. The first-order chi connectivity index (χ1) is 19.2. The van der Waals surface area contributed by atoms with Gasteiger partial charge in [0, 0.05) is 5.39 Å². The number of rotatable bonds is 5. The van der Waals surface area contributed by atoms with Crippen LogP contribution in [0.1, 0.15) is 0 Å². The Morgan fingerprint density at radius 1 is 0.436 bits per heavy atom. The summed E-state index contributed by atoms with van der Waals surface area (Å²) in [6, 6.07) is 32.6. The molecule has 0 saturated heterocycles. The normalized spacial score (nSPS) is 10.5. The second kappa shape index (κ2) is 9.79. The molecule has 0 atom stereocenters. The first kappa shape index (κ1) is 23.4. The second-order valence-electron chi connectivity index (χ2n) is 8.80. The highest BCUT2D eigenvalue weighted by molar-refractivity contribution is 6.14. The van der Waals surface area contributed by atoms with Crippen molar-refractivity contribution >= 4 is 32.3 Å². The van der Waals surface area contributed by atoms with Gasteiger partial charge in [-0.25, -0.2) is 0 Å². The van der Waals surface area contributed by atoms with Crippen LogP contribution in [0.4, 0.5) is 0 Å². The molecule has 0 heterocycles. The van der Waals surface area contributed by atoms with E-state index in [0.29, 0.717) is 17.2 Å². The van der Waals surface area contributed by atoms with Crippen LogP contribution < -0.4 is 14.2 Å². The Balaban J connectivity index is 1.72. The van der Waals surface area contributed by atoms with Crippen molar-refractivity contribution in [2.75, 3.05) is 0 Å². The van der Waals surface area contributed by atoms with Gasteiger partial charge in [0.1, 0.15) is 11.5 Å². The van der Waals surface area contributed by atoms with Crippen LogP contribution in [0.25, 0.3) is 54.6 Å². The molecule has 0 N–H and O–H groups in total. The highest BCUT2D eigenvalue weighted by Crippen LogP contribution is 2.45. The molecule has 0 saturated carbocycles. The lowest BCUT2D eigenvalue weighted by atomic mass is 9.88. The van der Waals surface area contributed by atoms with Gasteiger partial charge in [-0.15, -0.1) is 15.8 Å². The average Bonchev–Trinajstić information content (AvgIpc) is 2.96. The lowest BCUT2D eigenvalue weighted by Crippen LogP contribution is -1.93. The molecule has 0 radical (unpaired) electrons. The largest absolute Gasteiger partial charge is 0.388 e. The Bertz CT molecular complexity index is 2050. The minimum atomic E-state index is 0.399. The van der Waals surface area contributed by atoms with Crippen LogP contribution in [0.2, 0.25) is 0 Å². The van der Waals surface area contributed by atoms with Crippen LogP contribution in [0, 0.1) is 34.6 Å². The van der Waals surface area contributed by atoms with E-state index in [1.807, 2.05) is 103 Å². The van der Waals surface area contributed by atoms with Crippen LogP contribution >= 0.6 is 0 Å². The number of ether oxygens (including phenoxy) is 3. The molecule has 0 bridgehead atoms. The number of benzene rings is 6. The molecule has 6 rings (SSSR count). The molecule has 0 amide bonds. The van der Waals surface area contributed by atoms with Gasteiger partial charge in [-0.2, -0.15) is 0 Å². The minimum Gasteiger partial charge on any atom is -0.388 e. The number of hydrogen-bond acceptors (Lipinski definition) is 6. The average molecular weight is 504 g/mol. The van der Waals surface area contributed by atoms with Gasteiger partial charge in [0.2, 0.25) is 0 Å². The first-order valence-corrected chi connectivity index (χ1v) is 12.0. The molecule has 39 heavy (non-hydrogen) atoms. The Hall–Kier alpha value is -6.03. The zero-order chi connectivity index (χ0) is 26.8. The van der Waals surface area contributed by atoms with Gasteiger partial charge in [-0.3, -0.25) is 0 Å². The number of nitriles is 3. The SMILES string of the molecule is N#COc1cc(-c2ccc(-c3cc(OC#N)cc4ccccc34)c3c(OC#N)cccc23)c2ccccc2c1. The summed E-state index contributed by atoms with van der Waals surface area (Å²) < 4.78 is 15.9. The molecule has 6 heteroatoms. The molecule has 6 aromatic carbocycles. The van der Waals surface area contributed by atoms with Gasteiger partial charge in [-0.05, 0) is 79.5 Å². The van der Waals surface area contributed by atoms with Crippen LogP contribution in [0.15, 0.2) is 103 Å². The molecule has 0 spiro atoms. The summed E-state index contributed by atoms with van der Waals surface area (Å²) in [5.74, 6) is 1.24. The van der Waals surface area contributed by atoms with Crippen molar-refractivity contribution in [3.05, 3.63) is 103 Å². The Morgan fingerprint density at radius 2 is 0.949 bits per heavy atom. The molecular formula is C33H17N3O3. The van der Waals surface area contributed by atoms with Crippen LogP contribution in [0.5, 0.6) is 17.2 Å². The molecule has 0 aromatic heterocycles. The summed E-state index contributed by atoms with van der Waals surface area (Å²) in [7, 11) is 0. The maximum Gasteiger partial charge on any atom is 0.292 e. The number of nitrogens with zero attached hydrogens (tertiary/aromatic N) is 3. The monoisotopic (exact) mass is 503 g/mol. The first-order valence-electron chi connectivity index (χ1n) is 12.0. The lowest BCUT2D eigenvalue weighted by molar-refractivity contribution is 0.508. The summed E-state index contributed by atoms with van der Waals surface area (Å²) in [6.45, 7) is 0. The predicted molar refractivity (Wildman–Crippen MR) is 149 cm³/mol. The second-order valence-corrected chi connectivity index (χ2v) is 8.80. The molecule has 0 aliphatic rings. The summed E-state index contributed by atoms with van der Waals surface area (Å²) in [5, 5.41) is 33.2. The van der Waals surface area contributed by atoms with Gasteiger partial charge in [0.25, 0.3) is 18.8 Å². The molecule has 6 aromatic rings. The van der Waals surface area contributed by atoms with E-state index in [1.54, 1.807) is 18.6 Å². The van der Waals surface area contributed by atoms with Crippen molar-refractivity contribution in [3.8, 4) is 58.3 Å². The maximum atomic E-state index is 9.47. The molecular weight excluding hydrogens is 486 g/mol. The molecule has 6 nitrogen and oxygen atoms in total. The third-order valence-electron chi connectivity index (χ3n) is 6.74. The van der Waals surface area contributed by atoms with Crippen molar-refractivity contribution in [1.29, 1.82) is 15.8 Å². The van der Waals surface area contributed by atoms with E-state index in [1.165, 1.54) is 0 Å². The van der Waals surface area contributed by atoms with Gasteiger partial charge in [0.15, 0.2) is 5.75 Å². The molecule has 0 fully saturated rings. The standard InChI is InChI=1S/C33H17N3O3/c34-18-37-23-14-21-6-1-3-8-25(21)30(16-23)27-12-13-29(33-28(27)10-5-11-32(33)39-20-36)31-17-24(38-19-35)15-22-7-2-4-9-26(22)31/h1-17H. The smallest absolute Gasteiger partial charge is 0.292 e. The van der Waals surface area contributed by atoms with Crippen molar-refractivity contribution in [2.24, 2.45) is 0 Å². The third-order valence-corrected chi connectivity index (χ3v) is 6.74. The van der Waals surface area contributed by atoms with Gasteiger partial charge >= 0.3 is 0 Å². The Kier molecular flexibility index (Phi) is 5.87. The van der Waals surface area contributed by atoms with Gasteiger partial charge in [0.05, 0.1) is 0 Å². The van der Waals surface area contributed by atoms with Crippen molar-refractivity contribution in [1.82, 2.24) is 0 Å². The fraction of sp³-hybridized carbons (Fsp3) is 0. The minimum absolute atomic E-state index is 0.399. The van der Waals surface area contributed by atoms with Crippen molar-refractivity contribution in [2.45, 2.75) is 0 Å². The predicted octanol–water partition coefficient (Wildman–Crippen LogP) is 8.06.